The lowest BCUT2D eigenvalue weighted by Gasteiger charge is -2.12. The first kappa shape index (κ1) is 16.5. The number of nitrogens with one attached hydrogen (secondary N) is 1. The highest BCUT2D eigenvalue weighted by molar-refractivity contribution is 5.95. The molecule has 8 heteroatoms. The van der Waals surface area contributed by atoms with Crippen LogP contribution in [0.1, 0.15) is 40.4 Å². The van der Waals surface area contributed by atoms with Gasteiger partial charge in [-0.2, -0.15) is 18.3 Å². The van der Waals surface area contributed by atoms with E-state index in [1.807, 2.05) is 0 Å². The average Bonchev–Trinajstić information content (AvgIpc) is 3.30. The molecule has 1 saturated carbocycles. The van der Waals surface area contributed by atoms with E-state index in [0.717, 1.165) is 25.0 Å². The fourth-order valence-electron chi connectivity index (χ4n) is 2.58. The number of rotatable bonds is 5. The molecule has 24 heavy (non-hydrogen) atoms. The zero-order valence-corrected chi connectivity index (χ0v) is 12.8. The van der Waals surface area contributed by atoms with Crippen molar-refractivity contribution >= 4 is 5.91 Å². The van der Waals surface area contributed by atoms with Crippen molar-refractivity contribution in [3.63, 3.8) is 0 Å². The Morgan fingerprint density at radius 2 is 2.12 bits per heavy atom. The van der Waals surface area contributed by atoms with Gasteiger partial charge in [0.05, 0.1) is 28.7 Å². The SMILES string of the molecule is NCCNC(=O)c1cnn(-c2cccc(C(F)(F)F)c2)c1C1CC1. The molecule has 3 N–H and O–H groups in total. The molecule has 2 aromatic rings. The Morgan fingerprint density at radius 3 is 2.75 bits per heavy atom. The van der Waals surface area contributed by atoms with E-state index in [1.54, 1.807) is 6.07 Å². The molecule has 3 rings (SSSR count). The number of carbonyl (C=O) groups is 1. The summed E-state index contributed by atoms with van der Waals surface area (Å²) in [5, 5.41) is 6.83. The van der Waals surface area contributed by atoms with Crippen LogP contribution in [0, 0.1) is 0 Å². The van der Waals surface area contributed by atoms with Crippen molar-refractivity contribution in [1.29, 1.82) is 0 Å². The van der Waals surface area contributed by atoms with Gasteiger partial charge >= 0.3 is 6.18 Å². The summed E-state index contributed by atoms with van der Waals surface area (Å²) < 4.78 is 40.2. The Balaban J connectivity index is 2.00. The third-order valence-corrected chi connectivity index (χ3v) is 3.86. The molecule has 0 atom stereocenters. The van der Waals surface area contributed by atoms with Gasteiger partial charge in [0, 0.05) is 19.0 Å². The second kappa shape index (κ2) is 6.27. The predicted molar refractivity (Wildman–Crippen MR) is 81.9 cm³/mol. The minimum absolute atomic E-state index is 0.140. The van der Waals surface area contributed by atoms with Crippen LogP contribution in [-0.2, 0) is 6.18 Å². The number of aromatic nitrogens is 2. The van der Waals surface area contributed by atoms with Crippen LogP contribution in [0.25, 0.3) is 5.69 Å². The number of nitrogens with two attached hydrogens (primary N) is 1. The Labute approximate surface area is 136 Å². The molecule has 0 bridgehead atoms. The minimum Gasteiger partial charge on any atom is -0.351 e. The second-order valence-corrected chi connectivity index (χ2v) is 5.72. The van der Waals surface area contributed by atoms with Crippen LogP contribution in [0.2, 0.25) is 0 Å². The van der Waals surface area contributed by atoms with Crippen molar-refractivity contribution in [2.45, 2.75) is 24.9 Å². The molecule has 1 heterocycles. The van der Waals surface area contributed by atoms with Crippen molar-refractivity contribution < 1.29 is 18.0 Å². The van der Waals surface area contributed by atoms with E-state index in [0.29, 0.717) is 30.0 Å². The van der Waals surface area contributed by atoms with Crippen LogP contribution in [-0.4, -0.2) is 28.8 Å². The zero-order valence-electron chi connectivity index (χ0n) is 12.8. The zero-order chi connectivity index (χ0) is 17.3. The number of carbonyl (C=O) groups excluding carboxylic acids is 1. The average molecular weight is 338 g/mol. The third-order valence-electron chi connectivity index (χ3n) is 3.86. The van der Waals surface area contributed by atoms with E-state index in [4.69, 9.17) is 5.73 Å². The van der Waals surface area contributed by atoms with Crippen LogP contribution >= 0.6 is 0 Å². The Morgan fingerprint density at radius 1 is 1.38 bits per heavy atom. The van der Waals surface area contributed by atoms with Crippen LogP contribution in [0.15, 0.2) is 30.5 Å². The highest BCUT2D eigenvalue weighted by Gasteiger charge is 2.34. The Kier molecular flexibility index (Phi) is 4.31. The van der Waals surface area contributed by atoms with Crippen molar-refractivity contribution in [1.82, 2.24) is 15.1 Å². The molecule has 1 aromatic heterocycles. The number of benzene rings is 1. The van der Waals surface area contributed by atoms with Crippen molar-refractivity contribution in [3.05, 3.63) is 47.3 Å². The summed E-state index contributed by atoms with van der Waals surface area (Å²) in [6.45, 7) is 0.643. The number of amides is 1. The first-order valence-electron chi connectivity index (χ1n) is 7.65. The summed E-state index contributed by atoms with van der Waals surface area (Å²) in [7, 11) is 0. The topological polar surface area (TPSA) is 72.9 Å². The van der Waals surface area contributed by atoms with Gasteiger partial charge in [0.15, 0.2) is 0 Å². The number of hydrogen-bond acceptors (Lipinski definition) is 3. The van der Waals surface area contributed by atoms with Crippen molar-refractivity contribution in [2.75, 3.05) is 13.1 Å². The summed E-state index contributed by atoms with van der Waals surface area (Å²) in [6, 6.07) is 4.94. The lowest BCUT2D eigenvalue weighted by molar-refractivity contribution is -0.137. The van der Waals surface area contributed by atoms with Gasteiger partial charge in [-0.15, -0.1) is 0 Å². The van der Waals surface area contributed by atoms with Gasteiger partial charge in [-0.1, -0.05) is 6.07 Å². The maximum Gasteiger partial charge on any atom is 0.416 e. The van der Waals surface area contributed by atoms with Crippen LogP contribution < -0.4 is 11.1 Å². The summed E-state index contributed by atoms with van der Waals surface area (Å²) in [6.07, 6.45) is -1.24. The maximum atomic E-state index is 12.9. The highest BCUT2D eigenvalue weighted by atomic mass is 19.4. The summed E-state index contributed by atoms with van der Waals surface area (Å²) >= 11 is 0. The monoisotopic (exact) mass is 338 g/mol. The lowest BCUT2D eigenvalue weighted by Crippen LogP contribution is -2.29. The predicted octanol–water partition coefficient (Wildman–Crippen LogP) is 2.46. The lowest BCUT2D eigenvalue weighted by atomic mass is 10.1. The quantitative estimate of drug-likeness (QED) is 0.880. The molecule has 0 spiro atoms. The summed E-state index contributed by atoms with van der Waals surface area (Å²) in [5.41, 5.74) is 5.98. The molecule has 1 aromatic carbocycles. The van der Waals surface area contributed by atoms with Gasteiger partial charge in [0.1, 0.15) is 0 Å². The van der Waals surface area contributed by atoms with Gasteiger partial charge in [-0.05, 0) is 31.0 Å². The molecule has 0 radical (unpaired) electrons. The normalized spacial score (nSPS) is 14.7. The number of hydrogen-bond donors (Lipinski definition) is 2. The fraction of sp³-hybridized carbons (Fsp3) is 0.375. The van der Waals surface area contributed by atoms with E-state index in [2.05, 4.69) is 10.4 Å². The molecular weight excluding hydrogens is 321 g/mol. The fourth-order valence-corrected chi connectivity index (χ4v) is 2.58. The van der Waals surface area contributed by atoms with Crippen molar-refractivity contribution in [2.24, 2.45) is 5.73 Å². The van der Waals surface area contributed by atoms with Gasteiger partial charge in [0.2, 0.25) is 0 Å². The summed E-state index contributed by atoms with van der Waals surface area (Å²) in [4.78, 5) is 12.2. The number of alkyl halides is 3. The molecule has 1 aliphatic rings. The standard InChI is InChI=1S/C16H17F3N4O/c17-16(18,19)11-2-1-3-12(8-11)23-14(10-4-5-10)13(9-22-23)15(24)21-7-6-20/h1-3,8-10H,4-7,20H2,(H,21,24). The first-order valence-corrected chi connectivity index (χ1v) is 7.65. The Hall–Kier alpha value is -2.35. The van der Waals surface area contributed by atoms with Crippen LogP contribution in [0.5, 0.6) is 0 Å². The largest absolute Gasteiger partial charge is 0.416 e. The molecule has 0 aliphatic heterocycles. The molecule has 0 saturated heterocycles. The molecule has 1 fully saturated rings. The van der Waals surface area contributed by atoms with E-state index >= 15 is 0 Å². The number of halogens is 3. The van der Waals surface area contributed by atoms with E-state index < -0.39 is 11.7 Å². The van der Waals surface area contributed by atoms with Crippen molar-refractivity contribution in [3.8, 4) is 5.69 Å². The summed E-state index contributed by atoms with van der Waals surface area (Å²) in [5.74, 6) is -0.166. The smallest absolute Gasteiger partial charge is 0.351 e. The molecule has 1 aliphatic carbocycles. The maximum absolute atomic E-state index is 12.9. The first-order chi connectivity index (χ1) is 11.4. The Bertz CT molecular complexity index is 750. The minimum atomic E-state index is -4.43. The molecule has 0 unspecified atom stereocenters. The van der Waals surface area contributed by atoms with Gasteiger partial charge in [-0.3, -0.25) is 4.79 Å². The highest BCUT2D eigenvalue weighted by Crippen LogP contribution is 2.42. The van der Waals surface area contributed by atoms with Gasteiger partial charge in [0.25, 0.3) is 5.91 Å². The molecule has 5 nitrogen and oxygen atoms in total. The van der Waals surface area contributed by atoms with Gasteiger partial charge < -0.3 is 11.1 Å². The van der Waals surface area contributed by atoms with Gasteiger partial charge in [-0.25, -0.2) is 4.68 Å². The van der Waals surface area contributed by atoms with E-state index in [-0.39, 0.29) is 11.8 Å². The third kappa shape index (κ3) is 3.28. The van der Waals surface area contributed by atoms with E-state index in [9.17, 15) is 18.0 Å². The molecular formula is C16H17F3N4O. The van der Waals surface area contributed by atoms with Crippen LogP contribution in [0.3, 0.4) is 0 Å². The second-order valence-electron chi connectivity index (χ2n) is 5.72. The molecule has 128 valence electrons. The van der Waals surface area contributed by atoms with Crippen LogP contribution in [0.4, 0.5) is 13.2 Å². The van der Waals surface area contributed by atoms with E-state index in [1.165, 1.54) is 16.9 Å². The number of nitrogens with zero attached hydrogens (tertiary/aromatic N) is 2. The molecule has 1 amide bonds.